The molecule has 0 bridgehead atoms. The van der Waals surface area contributed by atoms with E-state index in [2.05, 4.69) is 19.1 Å². The average Bonchev–Trinajstić information content (AvgIpc) is 2.46. The summed E-state index contributed by atoms with van der Waals surface area (Å²) >= 11 is 0. The van der Waals surface area contributed by atoms with Crippen molar-refractivity contribution in [3.63, 3.8) is 0 Å². The molecule has 2 rings (SSSR count). The summed E-state index contributed by atoms with van der Waals surface area (Å²) in [4.78, 5) is 0. The van der Waals surface area contributed by atoms with E-state index in [9.17, 15) is 0 Å². The molecule has 112 valence electrons. The number of nitrogens with two attached hydrogens (primary N) is 1. The van der Waals surface area contributed by atoms with Gasteiger partial charge in [-0.3, -0.25) is 0 Å². The molecule has 0 amide bonds. The van der Waals surface area contributed by atoms with Crippen molar-refractivity contribution < 1.29 is 9.47 Å². The van der Waals surface area contributed by atoms with E-state index in [4.69, 9.17) is 15.2 Å². The van der Waals surface area contributed by atoms with Crippen LogP contribution in [0.3, 0.4) is 0 Å². The standard InChI is InChI=1S/C18H23NO2/c1-13-7-4-5-10-17(13)18(14(2)19)21-16-9-6-8-15(11-16)12-20-3/h4-11,14,18H,12,19H2,1-3H3. The fourth-order valence-corrected chi connectivity index (χ4v) is 2.38. The Morgan fingerprint density at radius 3 is 2.52 bits per heavy atom. The zero-order valence-electron chi connectivity index (χ0n) is 12.9. The molecule has 2 atom stereocenters. The van der Waals surface area contributed by atoms with Gasteiger partial charge >= 0.3 is 0 Å². The highest BCUT2D eigenvalue weighted by atomic mass is 16.5. The number of hydrogen-bond donors (Lipinski definition) is 1. The maximum atomic E-state index is 6.15. The summed E-state index contributed by atoms with van der Waals surface area (Å²) in [5.74, 6) is 0.815. The first kappa shape index (κ1) is 15.5. The lowest BCUT2D eigenvalue weighted by molar-refractivity contribution is 0.174. The van der Waals surface area contributed by atoms with Crippen LogP contribution in [0.5, 0.6) is 5.75 Å². The van der Waals surface area contributed by atoms with Gasteiger partial charge < -0.3 is 15.2 Å². The van der Waals surface area contributed by atoms with Crippen molar-refractivity contribution in [2.45, 2.75) is 32.6 Å². The summed E-state index contributed by atoms with van der Waals surface area (Å²) in [6.07, 6.45) is -0.163. The largest absolute Gasteiger partial charge is 0.484 e. The molecule has 2 N–H and O–H groups in total. The lowest BCUT2D eigenvalue weighted by Crippen LogP contribution is -2.29. The first-order valence-electron chi connectivity index (χ1n) is 7.17. The minimum Gasteiger partial charge on any atom is -0.484 e. The van der Waals surface area contributed by atoms with E-state index in [1.807, 2.05) is 43.3 Å². The zero-order chi connectivity index (χ0) is 15.2. The van der Waals surface area contributed by atoms with Gasteiger partial charge in [0.25, 0.3) is 0 Å². The van der Waals surface area contributed by atoms with Gasteiger partial charge in [0.2, 0.25) is 0 Å². The van der Waals surface area contributed by atoms with Gasteiger partial charge in [-0.1, -0.05) is 36.4 Å². The normalized spacial score (nSPS) is 13.7. The molecule has 2 unspecified atom stereocenters. The van der Waals surface area contributed by atoms with Crippen LogP contribution in [0.25, 0.3) is 0 Å². The summed E-state index contributed by atoms with van der Waals surface area (Å²) in [6.45, 7) is 4.62. The summed E-state index contributed by atoms with van der Waals surface area (Å²) in [5, 5.41) is 0. The van der Waals surface area contributed by atoms with Crippen molar-refractivity contribution >= 4 is 0 Å². The van der Waals surface area contributed by atoms with E-state index in [0.29, 0.717) is 6.61 Å². The highest BCUT2D eigenvalue weighted by Crippen LogP contribution is 2.27. The molecule has 0 saturated heterocycles. The van der Waals surface area contributed by atoms with Gasteiger partial charge in [-0.25, -0.2) is 0 Å². The molecular formula is C18H23NO2. The Kier molecular flexibility index (Phi) is 5.37. The molecule has 0 aliphatic rings. The Morgan fingerprint density at radius 2 is 1.86 bits per heavy atom. The van der Waals surface area contributed by atoms with E-state index in [-0.39, 0.29) is 12.1 Å². The van der Waals surface area contributed by atoms with Gasteiger partial charge in [-0.15, -0.1) is 0 Å². The quantitative estimate of drug-likeness (QED) is 0.881. The Hall–Kier alpha value is -1.84. The molecule has 2 aromatic carbocycles. The van der Waals surface area contributed by atoms with Crippen LogP contribution in [0, 0.1) is 6.92 Å². The van der Waals surface area contributed by atoms with Crippen molar-refractivity contribution in [1.29, 1.82) is 0 Å². The first-order valence-corrected chi connectivity index (χ1v) is 7.17. The van der Waals surface area contributed by atoms with Crippen LogP contribution in [-0.4, -0.2) is 13.2 Å². The van der Waals surface area contributed by atoms with Crippen molar-refractivity contribution in [2.24, 2.45) is 5.73 Å². The molecule has 3 heteroatoms. The second-order valence-corrected chi connectivity index (χ2v) is 5.33. The highest BCUT2D eigenvalue weighted by molar-refractivity contribution is 5.32. The van der Waals surface area contributed by atoms with E-state index in [0.717, 1.165) is 16.9 Å². The van der Waals surface area contributed by atoms with Gasteiger partial charge in [-0.05, 0) is 42.7 Å². The minimum atomic E-state index is -0.163. The molecule has 2 aromatic rings. The fraction of sp³-hybridized carbons (Fsp3) is 0.333. The van der Waals surface area contributed by atoms with Gasteiger partial charge in [-0.2, -0.15) is 0 Å². The third-order valence-corrected chi connectivity index (χ3v) is 3.45. The lowest BCUT2D eigenvalue weighted by atomic mass is 9.99. The molecule has 21 heavy (non-hydrogen) atoms. The minimum absolute atomic E-state index is 0.0998. The Morgan fingerprint density at radius 1 is 1.10 bits per heavy atom. The Balaban J connectivity index is 2.25. The van der Waals surface area contributed by atoms with E-state index in [1.165, 1.54) is 5.56 Å². The number of hydrogen-bond acceptors (Lipinski definition) is 3. The van der Waals surface area contributed by atoms with E-state index >= 15 is 0 Å². The summed E-state index contributed by atoms with van der Waals surface area (Å²) in [5.41, 5.74) is 9.54. The number of ether oxygens (including phenoxy) is 2. The molecule has 0 radical (unpaired) electrons. The summed E-state index contributed by atoms with van der Waals surface area (Å²) in [6, 6.07) is 16.0. The van der Waals surface area contributed by atoms with Crippen LogP contribution in [0.15, 0.2) is 48.5 Å². The number of benzene rings is 2. The summed E-state index contributed by atoms with van der Waals surface area (Å²) < 4.78 is 11.3. The molecular weight excluding hydrogens is 262 g/mol. The maximum absolute atomic E-state index is 6.15. The molecule has 0 aliphatic carbocycles. The van der Waals surface area contributed by atoms with E-state index < -0.39 is 0 Å². The van der Waals surface area contributed by atoms with Crippen molar-refractivity contribution in [3.05, 3.63) is 65.2 Å². The lowest BCUT2D eigenvalue weighted by Gasteiger charge is -2.24. The number of rotatable bonds is 6. The molecule has 0 spiro atoms. The predicted octanol–water partition coefficient (Wildman–Crippen LogP) is 3.61. The molecule has 3 nitrogen and oxygen atoms in total. The average molecular weight is 285 g/mol. The van der Waals surface area contributed by atoms with Gasteiger partial charge in [0.1, 0.15) is 11.9 Å². The first-order chi connectivity index (χ1) is 10.1. The van der Waals surface area contributed by atoms with Gasteiger partial charge in [0.15, 0.2) is 0 Å². The van der Waals surface area contributed by atoms with Crippen LogP contribution >= 0.6 is 0 Å². The molecule has 0 aromatic heterocycles. The van der Waals surface area contributed by atoms with E-state index in [1.54, 1.807) is 7.11 Å². The van der Waals surface area contributed by atoms with Gasteiger partial charge in [0.05, 0.1) is 6.61 Å². The highest BCUT2D eigenvalue weighted by Gasteiger charge is 2.20. The van der Waals surface area contributed by atoms with Crippen LogP contribution < -0.4 is 10.5 Å². The van der Waals surface area contributed by atoms with Crippen molar-refractivity contribution in [3.8, 4) is 5.75 Å². The Labute approximate surface area is 126 Å². The molecule has 0 aliphatic heterocycles. The number of aryl methyl sites for hydroxylation is 1. The van der Waals surface area contributed by atoms with Crippen molar-refractivity contribution in [2.75, 3.05) is 7.11 Å². The molecule has 0 saturated carbocycles. The maximum Gasteiger partial charge on any atom is 0.139 e. The topological polar surface area (TPSA) is 44.5 Å². The second kappa shape index (κ2) is 7.25. The molecule has 0 heterocycles. The fourth-order valence-electron chi connectivity index (χ4n) is 2.38. The monoisotopic (exact) mass is 285 g/mol. The van der Waals surface area contributed by atoms with Crippen LogP contribution in [-0.2, 0) is 11.3 Å². The Bertz CT molecular complexity index is 581. The van der Waals surface area contributed by atoms with Crippen LogP contribution in [0.2, 0.25) is 0 Å². The SMILES string of the molecule is COCc1cccc(OC(c2ccccc2C)C(C)N)c1. The third-order valence-electron chi connectivity index (χ3n) is 3.45. The second-order valence-electron chi connectivity index (χ2n) is 5.33. The summed E-state index contributed by atoms with van der Waals surface area (Å²) in [7, 11) is 1.69. The van der Waals surface area contributed by atoms with Gasteiger partial charge in [0, 0.05) is 13.2 Å². The van der Waals surface area contributed by atoms with Crippen LogP contribution in [0.4, 0.5) is 0 Å². The van der Waals surface area contributed by atoms with Crippen molar-refractivity contribution in [1.82, 2.24) is 0 Å². The zero-order valence-corrected chi connectivity index (χ0v) is 12.9. The smallest absolute Gasteiger partial charge is 0.139 e. The molecule has 0 fully saturated rings. The number of methoxy groups -OCH3 is 1. The third kappa shape index (κ3) is 4.06. The predicted molar refractivity (Wildman–Crippen MR) is 85.4 cm³/mol. The van der Waals surface area contributed by atoms with Crippen LogP contribution in [0.1, 0.15) is 29.7 Å².